The molecule has 3 nitrogen and oxygen atoms in total. The van der Waals surface area contributed by atoms with Crippen LogP contribution in [-0.4, -0.2) is 10.8 Å². The number of thiophene rings is 1. The highest BCUT2D eigenvalue weighted by molar-refractivity contribution is 7.10. The predicted octanol–water partition coefficient (Wildman–Crippen LogP) is 2.80. The Hall–Kier alpha value is -1.39. The molecule has 2 heterocycles. The van der Waals surface area contributed by atoms with E-state index in [2.05, 4.69) is 4.98 Å². The molecule has 16 heavy (non-hydrogen) atoms. The van der Waals surface area contributed by atoms with Crippen molar-refractivity contribution < 1.29 is 4.79 Å². The van der Waals surface area contributed by atoms with E-state index in [0.29, 0.717) is 17.0 Å². The van der Waals surface area contributed by atoms with Gasteiger partial charge in [0.25, 0.3) is 0 Å². The summed E-state index contributed by atoms with van der Waals surface area (Å²) in [5.74, 6) is 0.168. The van der Waals surface area contributed by atoms with Crippen molar-refractivity contribution in [3.05, 3.63) is 45.2 Å². The number of aromatic nitrogens is 1. The topological polar surface area (TPSA) is 56.0 Å². The fraction of sp³-hybridized carbons (Fsp3) is 0.0909. The quantitative estimate of drug-likeness (QED) is 0.855. The third kappa shape index (κ3) is 2.40. The van der Waals surface area contributed by atoms with Gasteiger partial charge in [0.15, 0.2) is 5.78 Å². The van der Waals surface area contributed by atoms with Gasteiger partial charge in [0.1, 0.15) is 5.82 Å². The molecular formula is C11H9ClN2OS. The van der Waals surface area contributed by atoms with Crippen molar-refractivity contribution in [2.45, 2.75) is 6.42 Å². The van der Waals surface area contributed by atoms with Gasteiger partial charge < -0.3 is 5.73 Å². The van der Waals surface area contributed by atoms with Gasteiger partial charge in [0, 0.05) is 17.5 Å². The van der Waals surface area contributed by atoms with Crippen LogP contribution in [0.1, 0.15) is 15.2 Å². The third-order valence-electron chi connectivity index (χ3n) is 2.10. The Bertz CT molecular complexity index is 511. The number of nitrogens with two attached hydrogens (primary N) is 1. The number of Topliss-reactive ketones (excluding diaryl/α,β-unsaturated/α-hetero) is 1. The van der Waals surface area contributed by atoms with Crippen molar-refractivity contribution in [2.75, 3.05) is 5.73 Å². The minimum absolute atomic E-state index is 0.0602. The Labute approximate surface area is 102 Å². The summed E-state index contributed by atoms with van der Waals surface area (Å²) >= 11 is 7.32. The normalized spacial score (nSPS) is 10.3. The molecule has 2 aromatic heterocycles. The molecule has 0 amide bonds. The van der Waals surface area contributed by atoms with Crippen molar-refractivity contribution in [1.82, 2.24) is 4.98 Å². The lowest BCUT2D eigenvalue weighted by Crippen LogP contribution is -2.07. The summed E-state index contributed by atoms with van der Waals surface area (Å²) < 4.78 is 0. The molecular weight excluding hydrogens is 244 g/mol. The number of nitrogen functional groups attached to an aromatic ring is 1. The van der Waals surface area contributed by atoms with Gasteiger partial charge in [-0.3, -0.25) is 4.79 Å². The maximum absolute atomic E-state index is 11.9. The second-order valence-electron chi connectivity index (χ2n) is 3.27. The fourth-order valence-electron chi connectivity index (χ4n) is 1.34. The largest absolute Gasteiger partial charge is 0.383 e. The van der Waals surface area contributed by atoms with Crippen LogP contribution in [0, 0.1) is 0 Å². The van der Waals surface area contributed by atoms with Crippen molar-refractivity contribution in [3.63, 3.8) is 0 Å². The number of hydrogen-bond donors (Lipinski definition) is 1. The Morgan fingerprint density at radius 2 is 2.38 bits per heavy atom. The molecule has 0 aromatic carbocycles. The second kappa shape index (κ2) is 4.63. The maximum atomic E-state index is 11.9. The van der Waals surface area contributed by atoms with Crippen molar-refractivity contribution in [2.24, 2.45) is 0 Å². The van der Waals surface area contributed by atoms with E-state index in [-0.39, 0.29) is 11.6 Å². The van der Waals surface area contributed by atoms with Crippen molar-refractivity contribution in [3.8, 4) is 0 Å². The van der Waals surface area contributed by atoms with Crippen LogP contribution < -0.4 is 5.73 Å². The van der Waals surface area contributed by atoms with Crippen LogP contribution >= 0.6 is 22.9 Å². The molecule has 2 aromatic rings. The van der Waals surface area contributed by atoms with Crippen LogP contribution in [0.4, 0.5) is 5.82 Å². The fourth-order valence-corrected chi connectivity index (χ4v) is 2.20. The van der Waals surface area contributed by atoms with E-state index >= 15 is 0 Å². The summed E-state index contributed by atoms with van der Waals surface area (Å²) in [7, 11) is 0. The van der Waals surface area contributed by atoms with Gasteiger partial charge in [0.05, 0.1) is 10.6 Å². The van der Waals surface area contributed by atoms with Gasteiger partial charge in [-0.25, -0.2) is 4.98 Å². The third-order valence-corrected chi connectivity index (χ3v) is 3.18. The van der Waals surface area contributed by atoms with Crippen molar-refractivity contribution in [1.29, 1.82) is 0 Å². The van der Waals surface area contributed by atoms with Crippen LogP contribution in [-0.2, 0) is 6.42 Å². The first-order valence-corrected chi connectivity index (χ1v) is 5.89. The molecule has 0 aliphatic rings. The predicted molar refractivity (Wildman–Crippen MR) is 66.0 cm³/mol. The Balaban J connectivity index is 2.24. The highest BCUT2D eigenvalue weighted by Crippen LogP contribution is 2.18. The first-order chi connectivity index (χ1) is 7.66. The van der Waals surface area contributed by atoms with E-state index in [1.807, 2.05) is 17.5 Å². The second-order valence-corrected chi connectivity index (χ2v) is 4.73. The monoisotopic (exact) mass is 252 g/mol. The van der Waals surface area contributed by atoms with E-state index in [4.69, 9.17) is 17.3 Å². The first-order valence-electron chi connectivity index (χ1n) is 4.63. The number of rotatable bonds is 3. The van der Waals surface area contributed by atoms with E-state index in [1.54, 1.807) is 17.4 Å². The highest BCUT2D eigenvalue weighted by atomic mass is 35.5. The number of carbonyl (C=O) groups is 1. The minimum atomic E-state index is -0.0602. The molecule has 5 heteroatoms. The lowest BCUT2D eigenvalue weighted by molar-refractivity contribution is 0.0994. The summed E-state index contributed by atoms with van der Waals surface area (Å²) in [4.78, 5) is 16.8. The Morgan fingerprint density at radius 1 is 1.56 bits per heavy atom. The molecule has 0 saturated heterocycles. The number of anilines is 1. The number of halogens is 1. The van der Waals surface area contributed by atoms with Gasteiger partial charge in [0.2, 0.25) is 0 Å². The molecule has 0 aliphatic heterocycles. The molecule has 0 atom stereocenters. The number of carbonyl (C=O) groups excluding carboxylic acids is 1. The number of nitrogens with zero attached hydrogens (tertiary/aromatic N) is 1. The SMILES string of the molecule is Nc1ncc(Cl)cc1C(=O)Cc1cccs1. The molecule has 2 N–H and O–H groups in total. The van der Waals surface area contributed by atoms with Crippen LogP contribution in [0.25, 0.3) is 0 Å². The maximum Gasteiger partial charge on any atom is 0.171 e. The van der Waals surface area contributed by atoms with Gasteiger partial charge in [-0.2, -0.15) is 0 Å². The molecule has 0 radical (unpaired) electrons. The lowest BCUT2D eigenvalue weighted by Gasteiger charge is -2.03. The summed E-state index contributed by atoms with van der Waals surface area (Å²) in [6.07, 6.45) is 1.77. The first kappa shape index (κ1) is 11.1. The van der Waals surface area contributed by atoms with Gasteiger partial charge in [-0.1, -0.05) is 17.7 Å². The Kier molecular flexibility index (Phi) is 3.22. The number of ketones is 1. The lowest BCUT2D eigenvalue weighted by atomic mass is 10.1. The zero-order chi connectivity index (χ0) is 11.5. The molecule has 0 bridgehead atoms. The van der Waals surface area contributed by atoms with Crippen molar-refractivity contribution >= 4 is 34.5 Å². The zero-order valence-corrected chi connectivity index (χ0v) is 9.89. The summed E-state index contributed by atoms with van der Waals surface area (Å²) in [6, 6.07) is 5.38. The molecule has 0 fully saturated rings. The van der Waals surface area contributed by atoms with Crippen LogP contribution in [0.15, 0.2) is 29.8 Å². The van der Waals surface area contributed by atoms with Gasteiger partial charge in [-0.05, 0) is 17.5 Å². The summed E-state index contributed by atoms with van der Waals surface area (Å²) in [6.45, 7) is 0. The average molecular weight is 253 g/mol. The van der Waals surface area contributed by atoms with E-state index in [9.17, 15) is 4.79 Å². The number of hydrogen-bond acceptors (Lipinski definition) is 4. The standard InChI is InChI=1S/C11H9ClN2OS/c12-7-4-9(11(13)14-6-7)10(15)5-8-2-1-3-16-8/h1-4,6H,5H2,(H2,13,14). The molecule has 0 unspecified atom stereocenters. The molecule has 0 aliphatic carbocycles. The Morgan fingerprint density at radius 3 is 3.06 bits per heavy atom. The highest BCUT2D eigenvalue weighted by Gasteiger charge is 2.12. The van der Waals surface area contributed by atoms with Crippen LogP contribution in [0.2, 0.25) is 5.02 Å². The van der Waals surface area contributed by atoms with Crippen LogP contribution in [0.5, 0.6) is 0 Å². The van der Waals surface area contributed by atoms with Crippen LogP contribution in [0.3, 0.4) is 0 Å². The minimum Gasteiger partial charge on any atom is -0.383 e. The smallest absolute Gasteiger partial charge is 0.171 e. The summed E-state index contributed by atoms with van der Waals surface area (Å²) in [5.41, 5.74) is 6.02. The number of pyridine rings is 1. The molecule has 0 saturated carbocycles. The zero-order valence-electron chi connectivity index (χ0n) is 8.31. The average Bonchev–Trinajstić information content (AvgIpc) is 2.74. The molecule has 0 spiro atoms. The van der Waals surface area contributed by atoms with Gasteiger partial charge in [-0.15, -0.1) is 11.3 Å². The molecule has 2 rings (SSSR count). The van der Waals surface area contributed by atoms with Gasteiger partial charge >= 0.3 is 0 Å². The van der Waals surface area contributed by atoms with E-state index in [0.717, 1.165) is 4.88 Å². The molecule has 82 valence electrons. The summed E-state index contributed by atoms with van der Waals surface area (Å²) in [5, 5.41) is 2.35. The van der Waals surface area contributed by atoms with E-state index in [1.165, 1.54) is 6.20 Å². The van der Waals surface area contributed by atoms with E-state index < -0.39 is 0 Å².